The topological polar surface area (TPSA) is 32.8 Å². The molecule has 2 rings (SSSR count). The van der Waals surface area contributed by atoms with Gasteiger partial charge in [0, 0.05) is 0 Å². The predicted octanol–water partition coefficient (Wildman–Crippen LogP) is 1.33. The smallest absolute Gasteiger partial charge is 0.107 e. The average Bonchev–Trinajstić information content (AvgIpc) is 2.87. The lowest BCUT2D eigenvalue weighted by Gasteiger charge is -2.25. The van der Waals surface area contributed by atoms with Gasteiger partial charge >= 0.3 is 0 Å². The van der Waals surface area contributed by atoms with Gasteiger partial charge in [-0.1, -0.05) is 19.3 Å². The summed E-state index contributed by atoms with van der Waals surface area (Å²) in [6.07, 6.45) is 6.41. The van der Waals surface area contributed by atoms with Crippen molar-refractivity contribution in [3.8, 4) is 0 Å². The first-order valence-electron chi connectivity index (χ1n) is 4.67. The van der Waals surface area contributed by atoms with Gasteiger partial charge in [-0.2, -0.15) is 0 Å². The summed E-state index contributed by atoms with van der Waals surface area (Å²) in [4.78, 5) is 0. The lowest BCUT2D eigenvalue weighted by molar-refractivity contribution is 0.0586. The number of aliphatic hydroxyl groups is 1. The molecule has 1 N–H and O–H groups in total. The summed E-state index contributed by atoms with van der Waals surface area (Å²) < 4.78 is 5.07. The van der Waals surface area contributed by atoms with Crippen LogP contribution in [0, 0.1) is 5.92 Å². The van der Waals surface area contributed by atoms with E-state index in [0.717, 1.165) is 6.61 Å². The van der Waals surface area contributed by atoms with Crippen molar-refractivity contribution >= 4 is 0 Å². The minimum atomic E-state index is -0.157. The molecular weight excluding hydrogens is 140 g/mol. The molecule has 0 aromatic heterocycles. The molecule has 0 aromatic rings. The summed E-state index contributed by atoms with van der Waals surface area (Å²) in [7, 11) is 0. The van der Waals surface area contributed by atoms with E-state index in [2.05, 4.69) is 0 Å². The molecule has 2 unspecified atom stereocenters. The molecule has 0 radical (unpaired) electrons. The van der Waals surface area contributed by atoms with Crippen LogP contribution in [-0.2, 0) is 4.74 Å². The van der Waals surface area contributed by atoms with Crippen molar-refractivity contribution in [2.24, 2.45) is 5.92 Å². The van der Waals surface area contributed by atoms with Crippen LogP contribution in [0.25, 0.3) is 0 Å². The van der Waals surface area contributed by atoms with Crippen LogP contribution in [-0.4, -0.2) is 23.9 Å². The van der Waals surface area contributed by atoms with Gasteiger partial charge in [0.1, 0.15) is 6.10 Å². The standard InChI is InChI=1S/C9H16O2/c10-9(8-6-11-8)7-4-2-1-3-5-7/h7-10H,1-6H2. The second-order valence-corrected chi connectivity index (χ2v) is 3.76. The zero-order valence-electron chi connectivity index (χ0n) is 6.83. The quantitative estimate of drug-likeness (QED) is 0.612. The summed E-state index contributed by atoms with van der Waals surface area (Å²) in [5, 5.41) is 9.69. The fraction of sp³-hybridized carbons (Fsp3) is 1.00. The molecule has 2 fully saturated rings. The first-order valence-corrected chi connectivity index (χ1v) is 4.67. The summed E-state index contributed by atoms with van der Waals surface area (Å²) in [5.74, 6) is 0.538. The van der Waals surface area contributed by atoms with E-state index in [1.165, 1.54) is 32.1 Å². The Labute approximate surface area is 67.6 Å². The molecule has 2 aliphatic rings. The monoisotopic (exact) mass is 156 g/mol. The number of hydrogen-bond acceptors (Lipinski definition) is 2. The highest BCUT2D eigenvalue weighted by atomic mass is 16.6. The average molecular weight is 156 g/mol. The molecule has 1 saturated carbocycles. The Morgan fingerprint density at radius 3 is 2.36 bits per heavy atom. The maximum absolute atomic E-state index is 9.69. The maximum atomic E-state index is 9.69. The molecule has 11 heavy (non-hydrogen) atoms. The third kappa shape index (κ3) is 1.74. The van der Waals surface area contributed by atoms with E-state index in [-0.39, 0.29) is 12.2 Å². The highest BCUT2D eigenvalue weighted by Crippen LogP contribution is 2.31. The van der Waals surface area contributed by atoms with Gasteiger partial charge in [0.2, 0.25) is 0 Å². The van der Waals surface area contributed by atoms with E-state index in [1.807, 2.05) is 0 Å². The fourth-order valence-electron chi connectivity index (χ4n) is 2.03. The Morgan fingerprint density at radius 1 is 1.18 bits per heavy atom. The van der Waals surface area contributed by atoms with Crippen molar-refractivity contribution in [2.75, 3.05) is 6.61 Å². The number of rotatable bonds is 2. The van der Waals surface area contributed by atoms with Crippen LogP contribution in [0.15, 0.2) is 0 Å². The Morgan fingerprint density at radius 2 is 1.82 bits per heavy atom. The van der Waals surface area contributed by atoms with E-state index >= 15 is 0 Å². The molecule has 0 bridgehead atoms. The van der Waals surface area contributed by atoms with E-state index in [1.54, 1.807) is 0 Å². The minimum absolute atomic E-state index is 0.157. The van der Waals surface area contributed by atoms with Gasteiger partial charge in [-0.15, -0.1) is 0 Å². The molecule has 1 aliphatic heterocycles. The van der Waals surface area contributed by atoms with E-state index in [4.69, 9.17) is 4.74 Å². The number of aliphatic hydroxyl groups excluding tert-OH is 1. The van der Waals surface area contributed by atoms with Gasteiger partial charge < -0.3 is 9.84 Å². The lowest BCUT2D eigenvalue weighted by Crippen LogP contribution is -2.27. The van der Waals surface area contributed by atoms with Crippen LogP contribution in [0.4, 0.5) is 0 Å². The van der Waals surface area contributed by atoms with E-state index < -0.39 is 0 Å². The van der Waals surface area contributed by atoms with Crippen LogP contribution in [0.5, 0.6) is 0 Å². The summed E-state index contributed by atoms with van der Waals surface area (Å²) in [5.41, 5.74) is 0. The molecule has 1 heterocycles. The van der Waals surface area contributed by atoms with Crippen molar-refractivity contribution in [1.82, 2.24) is 0 Å². The van der Waals surface area contributed by atoms with Gasteiger partial charge in [0.25, 0.3) is 0 Å². The summed E-state index contributed by atoms with van der Waals surface area (Å²) in [6, 6.07) is 0. The van der Waals surface area contributed by atoms with Gasteiger partial charge in [0.15, 0.2) is 0 Å². The zero-order valence-corrected chi connectivity index (χ0v) is 6.83. The van der Waals surface area contributed by atoms with Crippen LogP contribution in [0.1, 0.15) is 32.1 Å². The van der Waals surface area contributed by atoms with Gasteiger partial charge in [0.05, 0.1) is 12.7 Å². The van der Waals surface area contributed by atoms with Crippen LogP contribution in [0.3, 0.4) is 0 Å². The maximum Gasteiger partial charge on any atom is 0.107 e. The zero-order chi connectivity index (χ0) is 7.68. The molecule has 0 aromatic carbocycles. The Kier molecular flexibility index (Phi) is 2.14. The second kappa shape index (κ2) is 3.11. The van der Waals surface area contributed by atoms with Crippen molar-refractivity contribution in [1.29, 1.82) is 0 Å². The largest absolute Gasteiger partial charge is 0.390 e. The van der Waals surface area contributed by atoms with Crippen molar-refractivity contribution in [2.45, 2.75) is 44.3 Å². The number of hydrogen-bond donors (Lipinski definition) is 1. The Balaban J connectivity index is 1.81. The predicted molar refractivity (Wildman–Crippen MR) is 42.3 cm³/mol. The molecule has 2 nitrogen and oxygen atoms in total. The molecule has 0 amide bonds. The molecule has 2 atom stereocenters. The van der Waals surface area contributed by atoms with Gasteiger partial charge in [-0.25, -0.2) is 0 Å². The Hall–Kier alpha value is -0.0800. The van der Waals surface area contributed by atoms with Crippen molar-refractivity contribution in [3.63, 3.8) is 0 Å². The lowest BCUT2D eigenvalue weighted by atomic mass is 9.84. The number of epoxide rings is 1. The molecule has 2 heteroatoms. The third-order valence-corrected chi connectivity index (χ3v) is 2.87. The number of ether oxygens (including phenoxy) is 1. The third-order valence-electron chi connectivity index (χ3n) is 2.87. The Bertz CT molecular complexity index is 126. The molecule has 64 valence electrons. The van der Waals surface area contributed by atoms with Crippen LogP contribution < -0.4 is 0 Å². The molecule has 1 saturated heterocycles. The highest BCUT2D eigenvalue weighted by Gasteiger charge is 2.36. The summed E-state index contributed by atoms with van der Waals surface area (Å²) in [6.45, 7) is 0.789. The van der Waals surface area contributed by atoms with Crippen LogP contribution >= 0.6 is 0 Å². The second-order valence-electron chi connectivity index (χ2n) is 3.76. The molecule has 1 aliphatic carbocycles. The van der Waals surface area contributed by atoms with Crippen molar-refractivity contribution < 1.29 is 9.84 Å². The molecule has 0 spiro atoms. The normalized spacial score (nSPS) is 35.2. The van der Waals surface area contributed by atoms with E-state index in [9.17, 15) is 5.11 Å². The first kappa shape index (κ1) is 7.56. The minimum Gasteiger partial charge on any atom is -0.390 e. The van der Waals surface area contributed by atoms with Gasteiger partial charge in [-0.3, -0.25) is 0 Å². The summed E-state index contributed by atoms with van der Waals surface area (Å²) >= 11 is 0. The molecular formula is C9H16O2. The van der Waals surface area contributed by atoms with E-state index in [0.29, 0.717) is 5.92 Å². The van der Waals surface area contributed by atoms with Crippen LogP contribution in [0.2, 0.25) is 0 Å². The first-order chi connectivity index (χ1) is 5.38. The van der Waals surface area contributed by atoms with Gasteiger partial charge in [-0.05, 0) is 18.8 Å². The SMILES string of the molecule is OC(C1CCCCC1)C1CO1. The van der Waals surface area contributed by atoms with Crippen molar-refractivity contribution in [3.05, 3.63) is 0 Å². The fourth-order valence-corrected chi connectivity index (χ4v) is 2.03. The highest BCUT2D eigenvalue weighted by molar-refractivity contribution is 4.85.